The van der Waals surface area contributed by atoms with Gasteiger partial charge >= 0.3 is 0 Å². The minimum absolute atomic E-state index is 0.0715. The van der Waals surface area contributed by atoms with Crippen LogP contribution in [-0.4, -0.2) is 42.0 Å². The molecule has 1 saturated heterocycles. The molecule has 2 aromatic carbocycles. The largest absolute Gasteiger partial charge is 0.378 e. The number of hydrogen-bond donors (Lipinski definition) is 1. The van der Waals surface area contributed by atoms with E-state index in [1.807, 2.05) is 19.1 Å². The molecule has 2 heterocycles. The van der Waals surface area contributed by atoms with Gasteiger partial charge in [-0.1, -0.05) is 11.6 Å². The fraction of sp³-hybridized carbons (Fsp3) is 0.240. The molecule has 0 bridgehead atoms. The molecule has 1 amide bonds. The van der Waals surface area contributed by atoms with E-state index in [0.29, 0.717) is 54.0 Å². The third kappa shape index (κ3) is 4.96. The number of aryl methyl sites for hydroxylation is 1. The molecular weight excluding hydrogens is 457 g/mol. The Labute approximate surface area is 202 Å². The van der Waals surface area contributed by atoms with Gasteiger partial charge in [-0.05, 0) is 62.4 Å². The second-order valence-electron chi connectivity index (χ2n) is 7.86. The number of carbonyl (C=O) groups is 1. The summed E-state index contributed by atoms with van der Waals surface area (Å²) in [4.78, 5) is 15.2. The van der Waals surface area contributed by atoms with Crippen molar-refractivity contribution in [3.8, 4) is 11.8 Å². The van der Waals surface area contributed by atoms with Crippen LogP contribution in [0.1, 0.15) is 17.0 Å². The van der Waals surface area contributed by atoms with Crippen LogP contribution in [0.5, 0.6) is 0 Å². The Morgan fingerprint density at radius 3 is 2.59 bits per heavy atom. The van der Waals surface area contributed by atoms with E-state index in [0.717, 1.165) is 11.4 Å². The van der Waals surface area contributed by atoms with Gasteiger partial charge in [0.05, 0.1) is 36.0 Å². The maximum Gasteiger partial charge on any atom is 0.266 e. The Morgan fingerprint density at radius 2 is 1.91 bits per heavy atom. The molecule has 0 spiro atoms. The molecule has 4 rings (SSSR count). The third-order valence-corrected chi connectivity index (χ3v) is 5.87. The topological polar surface area (TPSA) is 83.2 Å². The highest BCUT2D eigenvalue weighted by molar-refractivity contribution is 6.31. The number of nitrogens with one attached hydrogen (secondary N) is 1. The lowest BCUT2D eigenvalue weighted by molar-refractivity contribution is -0.112. The molecule has 0 atom stereocenters. The van der Waals surface area contributed by atoms with Crippen molar-refractivity contribution in [2.45, 2.75) is 13.8 Å². The highest BCUT2D eigenvalue weighted by Crippen LogP contribution is 2.30. The Kier molecular flexibility index (Phi) is 6.96. The first-order valence-corrected chi connectivity index (χ1v) is 11.1. The van der Waals surface area contributed by atoms with Crippen molar-refractivity contribution in [1.29, 1.82) is 5.26 Å². The maximum atomic E-state index is 13.3. The zero-order chi connectivity index (χ0) is 24.2. The zero-order valence-corrected chi connectivity index (χ0v) is 19.6. The Morgan fingerprint density at radius 1 is 1.21 bits per heavy atom. The van der Waals surface area contributed by atoms with Gasteiger partial charge < -0.3 is 15.0 Å². The maximum absolute atomic E-state index is 13.3. The molecule has 3 aromatic rings. The number of nitrogens with zero attached hydrogens (tertiary/aromatic N) is 4. The van der Waals surface area contributed by atoms with Crippen LogP contribution in [0.15, 0.2) is 48.0 Å². The lowest BCUT2D eigenvalue weighted by atomic mass is 10.1. The monoisotopic (exact) mass is 479 g/mol. The smallest absolute Gasteiger partial charge is 0.266 e. The standard InChI is InChI=1S/C25H23ClFN5O2/c1-16-22(17(2)32(30-16)21-6-4-20(27)5-7-21)13-18(15-28)25(33)29-23-14-19(26)3-8-24(23)31-9-11-34-12-10-31/h3-8,13-14H,9-12H2,1-2H3,(H,29,33)/b18-13-. The predicted octanol–water partition coefficient (Wildman–Crippen LogP) is 4.66. The summed E-state index contributed by atoms with van der Waals surface area (Å²) in [7, 11) is 0. The van der Waals surface area contributed by atoms with Crippen LogP contribution in [0.25, 0.3) is 11.8 Å². The van der Waals surface area contributed by atoms with E-state index in [9.17, 15) is 14.4 Å². The number of nitriles is 1. The molecule has 1 aromatic heterocycles. The van der Waals surface area contributed by atoms with Crippen molar-refractivity contribution < 1.29 is 13.9 Å². The van der Waals surface area contributed by atoms with Crippen molar-refractivity contribution in [3.63, 3.8) is 0 Å². The first-order valence-electron chi connectivity index (χ1n) is 10.7. The number of hydrogen-bond acceptors (Lipinski definition) is 5. The van der Waals surface area contributed by atoms with Crippen molar-refractivity contribution in [1.82, 2.24) is 9.78 Å². The number of rotatable bonds is 5. The molecule has 0 aliphatic carbocycles. The minimum atomic E-state index is -0.549. The number of benzene rings is 2. The Balaban J connectivity index is 1.63. The summed E-state index contributed by atoms with van der Waals surface area (Å²) in [6.07, 6.45) is 1.52. The van der Waals surface area contributed by atoms with Gasteiger partial charge in [-0.15, -0.1) is 0 Å². The van der Waals surface area contributed by atoms with Gasteiger partial charge in [-0.25, -0.2) is 9.07 Å². The highest BCUT2D eigenvalue weighted by Gasteiger charge is 2.19. The lowest BCUT2D eigenvalue weighted by Crippen LogP contribution is -2.36. The average molecular weight is 480 g/mol. The molecule has 9 heteroatoms. The van der Waals surface area contributed by atoms with Gasteiger partial charge in [0.1, 0.15) is 17.5 Å². The van der Waals surface area contributed by atoms with Crippen molar-refractivity contribution >= 4 is 35.0 Å². The highest BCUT2D eigenvalue weighted by atomic mass is 35.5. The van der Waals surface area contributed by atoms with E-state index in [-0.39, 0.29) is 11.4 Å². The van der Waals surface area contributed by atoms with Crippen LogP contribution < -0.4 is 10.2 Å². The van der Waals surface area contributed by atoms with Crippen LogP contribution in [0.4, 0.5) is 15.8 Å². The summed E-state index contributed by atoms with van der Waals surface area (Å²) >= 11 is 6.19. The quantitative estimate of drug-likeness (QED) is 0.425. The molecule has 1 aliphatic heterocycles. The van der Waals surface area contributed by atoms with Gasteiger partial charge in [-0.3, -0.25) is 4.79 Å². The summed E-state index contributed by atoms with van der Waals surface area (Å²) in [5, 5.41) is 17.6. The van der Waals surface area contributed by atoms with Crippen LogP contribution in [0, 0.1) is 31.0 Å². The SMILES string of the molecule is Cc1nn(-c2ccc(F)cc2)c(C)c1/C=C(/C#N)C(=O)Nc1cc(Cl)ccc1N1CCOCC1. The molecule has 0 saturated carbocycles. The van der Waals surface area contributed by atoms with Gasteiger partial charge in [0, 0.05) is 29.4 Å². The zero-order valence-electron chi connectivity index (χ0n) is 18.8. The molecule has 174 valence electrons. The summed E-state index contributed by atoms with van der Waals surface area (Å²) in [6.45, 7) is 6.18. The number of aromatic nitrogens is 2. The van der Waals surface area contributed by atoms with Crippen molar-refractivity contribution in [2.75, 3.05) is 36.5 Å². The Bertz CT molecular complexity index is 1290. The van der Waals surface area contributed by atoms with Crippen LogP contribution >= 0.6 is 11.6 Å². The summed E-state index contributed by atoms with van der Waals surface area (Å²) in [6, 6.07) is 13.2. The van der Waals surface area contributed by atoms with E-state index >= 15 is 0 Å². The van der Waals surface area contributed by atoms with E-state index in [1.165, 1.54) is 18.2 Å². The van der Waals surface area contributed by atoms with Crippen molar-refractivity contribution in [2.24, 2.45) is 0 Å². The van der Waals surface area contributed by atoms with Gasteiger partial charge in [0.2, 0.25) is 0 Å². The summed E-state index contributed by atoms with van der Waals surface area (Å²) < 4.78 is 20.4. The summed E-state index contributed by atoms with van der Waals surface area (Å²) in [5.41, 5.74) is 3.96. The van der Waals surface area contributed by atoms with Gasteiger partial charge in [0.25, 0.3) is 5.91 Å². The molecule has 1 fully saturated rings. The van der Waals surface area contributed by atoms with Crippen molar-refractivity contribution in [3.05, 3.63) is 75.8 Å². The third-order valence-electron chi connectivity index (χ3n) is 5.63. The second kappa shape index (κ2) is 10.1. The molecule has 1 aliphatic rings. The van der Waals surface area contributed by atoms with E-state index < -0.39 is 5.91 Å². The summed E-state index contributed by atoms with van der Waals surface area (Å²) in [5.74, 6) is -0.890. The number of anilines is 2. The molecule has 34 heavy (non-hydrogen) atoms. The normalized spacial score (nSPS) is 14.1. The van der Waals surface area contributed by atoms with E-state index in [2.05, 4.69) is 15.3 Å². The number of halogens is 2. The number of carbonyl (C=O) groups excluding carboxylic acids is 1. The van der Waals surface area contributed by atoms with Crippen LogP contribution in [0.2, 0.25) is 5.02 Å². The fourth-order valence-corrected chi connectivity index (χ4v) is 4.04. The second-order valence-corrected chi connectivity index (χ2v) is 8.29. The first-order chi connectivity index (χ1) is 16.4. The van der Waals surface area contributed by atoms with Crippen LogP contribution in [0.3, 0.4) is 0 Å². The van der Waals surface area contributed by atoms with Gasteiger partial charge in [-0.2, -0.15) is 10.4 Å². The molecule has 0 radical (unpaired) electrons. The van der Waals surface area contributed by atoms with Crippen LogP contribution in [-0.2, 0) is 9.53 Å². The number of morpholine rings is 1. The van der Waals surface area contributed by atoms with Gasteiger partial charge in [0.15, 0.2) is 0 Å². The van der Waals surface area contributed by atoms with E-state index in [4.69, 9.17) is 16.3 Å². The minimum Gasteiger partial charge on any atom is -0.378 e. The van der Waals surface area contributed by atoms with E-state index in [1.54, 1.807) is 35.9 Å². The Hall–Kier alpha value is -3.67. The average Bonchev–Trinajstić information content (AvgIpc) is 3.11. The fourth-order valence-electron chi connectivity index (χ4n) is 3.87. The molecule has 1 N–H and O–H groups in total. The predicted molar refractivity (Wildman–Crippen MR) is 130 cm³/mol. The number of amides is 1. The molecular formula is C25H23ClFN5O2. The lowest BCUT2D eigenvalue weighted by Gasteiger charge is -2.30. The first kappa shape index (κ1) is 23.5. The molecule has 7 nitrogen and oxygen atoms in total. The molecule has 0 unspecified atom stereocenters. The number of ether oxygens (including phenoxy) is 1.